The highest BCUT2D eigenvalue weighted by molar-refractivity contribution is 7.07. The molecule has 9 heteroatoms. The fourth-order valence-electron chi connectivity index (χ4n) is 4.25. The molecular weight excluding hydrogens is 524 g/mol. The lowest BCUT2D eigenvalue weighted by molar-refractivity contribution is -0.138. The van der Waals surface area contributed by atoms with Crippen molar-refractivity contribution in [2.75, 3.05) is 13.7 Å². The van der Waals surface area contributed by atoms with Gasteiger partial charge in [0.15, 0.2) is 4.80 Å². The second kappa shape index (κ2) is 10.7. The molecule has 0 spiro atoms. The monoisotopic (exact) mass is 546 g/mol. The Morgan fingerprint density at radius 2 is 2.00 bits per heavy atom. The van der Waals surface area contributed by atoms with Crippen LogP contribution in [0.25, 0.3) is 17.4 Å². The number of hydrogen-bond acceptors (Lipinski definition) is 7. The molecule has 4 aromatic rings. The van der Waals surface area contributed by atoms with E-state index in [0.717, 1.165) is 11.1 Å². The van der Waals surface area contributed by atoms with Crippen LogP contribution in [0.5, 0.6) is 5.75 Å². The molecule has 1 aliphatic rings. The van der Waals surface area contributed by atoms with Gasteiger partial charge in [0.2, 0.25) is 0 Å². The van der Waals surface area contributed by atoms with Crippen molar-refractivity contribution >= 4 is 35.0 Å². The molecule has 7 nitrogen and oxygen atoms in total. The quantitative estimate of drug-likeness (QED) is 0.243. The summed E-state index contributed by atoms with van der Waals surface area (Å²) in [5.41, 5.74) is 2.03. The summed E-state index contributed by atoms with van der Waals surface area (Å²) in [7, 11) is 1.58. The van der Waals surface area contributed by atoms with Crippen LogP contribution in [0.1, 0.15) is 24.3 Å². The summed E-state index contributed by atoms with van der Waals surface area (Å²) in [6, 6.07) is 17.4. The standard InChI is InChI=1S/C29H23ClN2O5S/c1-4-14-36-28(34)25-17(2)31-29-32(26(25)18-8-10-21(35-3)11-9-18)27(33)24(38-29)16-22-12-13-23(37-22)19-6-5-7-20(30)15-19/h4-13,15-16,26H,1,14H2,2-3H3/b24-16+/t26-/m0/s1. The second-order valence-corrected chi connectivity index (χ2v) is 9.90. The molecule has 2 aromatic heterocycles. The topological polar surface area (TPSA) is 83.0 Å². The fourth-order valence-corrected chi connectivity index (χ4v) is 5.47. The van der Waals surface area contributed by atoms with Gasteiger partial charge >= 0.3 is 5.97 Å². The Balaban J connectivity index is 1.62. The van der Waals surface area contributed by atoms with Gasteiger partial charge in [0, 0.05) is 16.7 Å². The van der Waals surface area contributed by atoms with Gasteiger partial charge in [0.1, 0.15) is 23.9 Å². The summed E-state index contributed by atoms with van der Waals surface area (Å²) in [5, 5.41) is 0.602. The van der Waals surface area contributed by atoms with E-state index in [2.05, 4.69) is 11.6 Å². The van der Waals surface area contributed by atoms with Crippen LogP contribution >= 0.6 is 22.9 Å². The van der Waals surface area contributed by atoms with Gasteiger partial charge in [-0.3, -0.25) is 9.36 Å². The minimum absolute atomic E-state index is 0.0445. The summed E-state index contributed by atoms with van der Waals surface area (Å²) in [6.45, 7) is 5.39. The number of thiazole rings is 1. The van der Waals surface area contributed by atoms with Gasteiger partial charge in [-0.05, 0) is 48.9 Å². The second-order valence-electron chi connectivity index (χ2n) is 8.45. The molecule has 0 unspecified atom stereocenters. The largest absolute Gasteiger partial charge is 0.497 e. The number of nitrogens with zero attached hydrogens (tertiary/aromatic N) is 2. The summed E-state index contributed by atoms with van der Waals surface area (Å²) in [6.07, 6.45) is 3.17. The molecule has 0 bridgehead atoms. The normalized spacial score (nSPS) is 15.1. The maximum Gasteiger partial charge on any atom is 0.338 e. The first-order valence-electron chi connectivity index (χ1n) is 11.7. The van der Waals surface area contributed by atoms with E-state index in [1.54, 1.807) is 44.4 Å². The average molecular weight is 547 g/mol. The highest BCUT2D eigenvalue weighted by Crippen LogP contribution is 2.32. The number of aromatic nitrogens is 1. The predicted molar refractivity (Wildman–Crippen MR) is 147 cm³/mol. The van der Waals surface area contributed by atoms with Gasteiger partial charge in [-0.2, -0.15) is 0 Å². The van der Waals surface area contributed by atoms with E-state index in [-0.39, 0.29) is 17.7 Å². The van der Waals surface area contributed by atoms with Crippen molar-refractivity contribution in [1.29, 1.82) is 0 Å². The zero-order valence-corrected chi connectivity index (χ0v) is 22.2. The number of rotatable bonds is 7. The van der Waals surface area contributed by atoms with Crippen LogP contribution in [-0.2, 0) is 9.53 Å². The van der Waals surface area contributed by atoms with Crippen LogP contribution in [0.4, 0.5) is 0 Å². The maximum absolute atomic E-state index is 13.7. The summed E-state index contributed by atoms with van der Waals surface area (Å²) in [4.78, 5) is 31.9. The molecule has 38 heavy (non-hydrogen) atoms. The van der Waals surface area contributed by atoms with Gasteiger partial charge in [-0.25, -0.2) is 9.79 Å². The van der Waals surface area contributed by atoms with Crippen LogP contribution in [0.3, 0.4) is 0 Å². The molecule has 0 radical (unpaired) electrons. The number of esters is 1. The molecule has 2 aromatic carbocycles. The van der Waals surface area contributed by atoms with Crippen LogP contribution in [0.15, 0.2) is 98.8 Å². The smallest absolute Gasteiger partial charge is 0.338 e. The molecule has 1 aliphatic heterocycles. The van der Waals surface area contributed by atoms with E-state index >= 15 is 0 Å². The van der Waals surface area contributed by atoms with Crippen molar-refractivity contribution in [2.45, 2.75) is 13.0 Å². The molecule has 0 saturated carbocycles. The van der Waals surface area contributed by atoms with Crippen molar-refractivity contribution < 1.29 is 18.7 Å². The van der Waals surface area contributed by atoms with Gasteiger partial charge in [-0.1, -0.05) is 59.9 Å². The van der Waals surface area contributed by atoms with Gasteiger partial charge in [0.05, 0.1) is 29.0 Å². The first-order valence-corrected chi connectivity index (χ1v) is 12.9. The summed E-state index contributed by atoms with van der Waals surface area (Å²) >= 11 is 7.34. The van der Waals surface area contributed by atoms with Crippen LogP contribution in [-0.4, -0.2) is 24.3 Å². The molecule has 0 N–H and O–H groups in total. The molecule has 192 valence electrons. The molecule has 5 rings (SSSR count). The lowest BCUT2D eigenvalue weighted by Crippen LogP contribution is -2.39. The fraction of sp³-hybridized carbons (Fsp3) is 0.138. The number of methoxy groups -OCH3 is 1. The minimum Gasteiger partial charge on any atom is -0.497 e. The van der Waals surface area contributed by atoms with Crippen molar-refractivity contribution in [3.05, 3.63) is 121 Å². The molecule has 0 amide bonds. The minimum atomic E-state index is -0.727. The average Bonchev–Trinajstić information content (AvgIpc) is 3.51. The molecular formula is C29H23ClN2O5S. The van der Waals surface area contributed by atoms with E-state index in [9.17, 15) is 9.59 Å². The van der Waals surface area contributed by atoms with Gasteiger partial charge < -0.3 is 13.9 Å². The highest BCUT2D eigenvalue weighted by Gasteiger charge is 2.33. The third kappa shape index (κ3) is 4.88. The number of benzene rings is 2. The van der Waals surface area contributed by atoms with Crippen LogP contribution in [0, 0.1) is 0 Å². The molecule has 0 saturated heterocycles. The number of fused-ring (bicyclic) bond motifs is 1. The van der Waals surface area contributed by atoms with Crippen molar-refractivity contribution in [3.63, 3.8) is 0 Å². The predicted octanol–water partition coefficient (Wildman–Crippen LogP) is 4.89. The van der Waals surface area contributed by atoms with Crippen molar-refractivity contribution in [3.8, 4) is 17.1 Å². The van der Waals surface area contributed by atoms with Crippen molar-refractivity contribution in [2.24, 2.45) is 4.99 Å². The SMILES string of the molecule is C=CCOC(=O)C1=C(C)N=c2s/c(=C/c3ccc(-c4cccc(Cl)c4)o3)c(=O)n2[C@H]1c1ccc(OC)cc1. The van der Waals surface area contributed by atoms with Gasteiger partial charge in [-0.15, -0.1) is 0 Å². The number of ether oxygens (including phenoxy) is 2. The zero-order chi connectivity index (χ0) is 26.8. The first-order chi connectivity index (χ1) is 18.4. The Morgan fingerprint density at radius 3 is 2.71 bits per heavy atom. The Labute approximate surface area is 227 Å². The number of carbonyl (C=O) groups is 1. The Morgan fingerprint density at radius 1 is 1.21 bits per heavy atom. The first kappa shape index (κ1) is 25.5. The third-order valence-corrected chi connectivity index (χ3v) is 7.23. The third-order valence-electron chi connectivity index (χ3n) is 6.01. The molecule has 3 heterocycles. The Hall–Kier alpha value is -4.14. The number of halogens is 1. The van der Waals surface area contributed by atoms with Gasteiger partial charge in [0.25, 0.3) is 5.56 Å². The van der Waals surface area contributed by atoms with E-state index in [1.807, 2.05) is 36.4 Å². The highest BCUT2D eigenvalue weighted by atomic mass is 35.5. The summed E-state index contributed by atoms with van der Waals surface area (Å²) in [5.74, 6) is 1.24. The lowest BCUT2D eigenvalue weighted by Gasteiger charge is -2.24. The number of hydrogen-bond donors (Lipinski definition) is 0. The molecule has 0 fully saturated rings. The Kier molecular flexibility index (Phi) is 7.18. The number of furan rings is 1. The Bertz CT molecular complexity index is 1740. The van der Waals surface area contributed by atoms with E-state index < -0.39 is 12.0 Å². The number of allylic oxidation sites excluding steroid dienone is 1. The number of carbonyl (C=O) groups excluding carboxylic acids is 1. The van der Waals surface area contributed by atoms with E-state index in [4.69, 9.17) is 25.5 Å². The van der Waals surface area contributed by atoms with Crippen molar-refractivity contribution in [1.82, 2.24) is 4.57 Å². The molecule has 0 aliphatic carbocycles. The van der Waals surface area contributed by atoms with Crippen LogP contribution < -0.4 is 19.6 Å². The zero-order valence-electron chi connectivity index (χ0n) is 20.6. The van der Waals surface area contributed by atoms with E-state index in [0.29, 0.717) is 37.3 Å². The maximum atomic E-state index is 13.7. The lowest BCUT2D eigenvalue weighted by atomic mass is 9.96. The van der Waals surface area contributed by atoms with E-state index in [1.165, 1.54) is 22.0 Å². The summed E-state index contributed by atoms with van der Waals surface area (Å²) < 4.78 is 18.6. The van der Waals surface area contributed by atoms with Crippen LogP contribution in [0.2, 0.25) is 5.02 Å². The molecule has 1 atom stereocenters.